The summed E-state index contributed by atoms with van der Waals surface area (Å²) in [6, 6.07) is 15.8. The number of aryl methyl sites for hydroxylation is 1. The van der Waals surface area contributed by atoms with E-state index in [4.69, 9.17) is 0 Å². The Morgan fingerprint density at radius 2 is 1.87 bits per heavy atom. The highest BCUT2D eigenvalue weighted by molar-refractivity contribution is 5.88. The van der Waals surface area contributed by atoms with Crippen LogP contribution in [-0.2, 0) is 17.8 Å². The van der Waals surface area contributed by atoms with Gasteiger partial charge in [-0.15, -0.1) is 0 Å². The molecule has 4 heteroatoms. The van der Waals surface area contributed by atoms with Crippen LogP contribution in [0.4, 0.5) is 0 Å². The summed E-state index contributed by atoms with van der Waals surface area (Å²) in [4.78, 5) is 24.5. The van der Waals surface area contributed by atoms with E-state index in [0.717, 1.165) is 44.1 Å². The normalized spacial score (nSPS) is 31.3. The molecule has 0 saturated heterocycles. The molecule has 2 saturated carbocycles. The lowest BCUT2D eigenvalue weighted by Crippen LogP contribution is -2.46. The van der Waals surface area contributed by atoms with E-state index in [1.807, 2.05) is 24.3 Å². The Balaban J connectivity index is 1.32. The second-order valence-electron chi connectivity index (χ2n) is 10.0. The summed E-state index contributed by atoms with van der Waals surface area (Å²) >= 11 is 0. The van der Waals surface area contributed by atoms with Gasteiger partial charge in [-0.1, -0.05) is 43.3 Å². The summed E-state index contributed by atoms with van der Waals surface area (Å²) in [6.45, 7) is 2.96. The van der Waals surface area contributed by atoms with E-state index in [-0.39, 0.29) is 17.2 Å². The van der Waals surface area contributed by atoms with Gasteiger partial charge in [-0.05, 0) is 90.5 Å². The molecular formula is C27H31NO3. The van der Waals surface area contributed by atoms with Gasteiger partial charge in [-0.2, -0.15) is 0 Å². The first-order valence-electron chi connectivity index (χ1n) is 11.6. The van der Waals surface area contributed by atoms with Crippen LogP contribution < -0.4 is 5.32 Å². The summed E-state index contributed by atoms with van der Waals surface area (Å²) in [5.41, 5.74) is 4.19. The average Bonchev–Trinajstić information content (AvgIpc) is 3.15. The molecule has 0 radical (unpaired) electrons. The van der Waals surface area contributed by atoms with Crippen LogP contribution in [0.1, 0.15) is 72.0 Å². The Hall–Kier alpha value is -2.62. The van der Waals surface area contributed by atoms with Gasteiger partial charge in [0.15, 0.2) is 0 Å². The standard InChI is InChI=1S/C27H31NO3/c1-27-14-13-21-20-9-8-19(26(30)31)15-18(20)7-10-22(21)23(27)11-12-24(27)25(29)28-16-17-5-3-2-4-6-17/h2-6,8-9,15,21-24H,7,10-14,16H2,1H3,(H,28,29)(H,30,31)/t21-,22-,23+,24-,27+/m1/s1. The minimum absolute atomic E-state index is 0.0699. The minimum atomic E-state index is -0.846. The fraction of sp³-hybridized carbons (Fsp3) is 0.481. The maximum Gasteiger partial charge on any atom is 0.335 e. The van der Waals surface area contributed by atoms with Gasteiger partial charge in [0.2, 0.25) is 5.91 Å². The summed E-state index contributed by atoms with van der Waals surface area (Å²) in [6.07, 6.45) is 6.34. The zero-order valence-electron chi connectivity index (χ0n) is 18.1. The Labute approximate surface area is 184 Å². The number of carboxylic acids is 1. The van der Waals surface area contributed by atoms with Gasteiger partial charge in [0, 0.05) is 12.5 Å². The summed E-state index contributed by atoms with van der Waals surface area (Å²) in [7, 11) is 0. The molecule has 0 unspecified atom stereocenters. The highest BCUT2D eigenvalue weighted by Crippen LogP contribution is 2.63. The molecule has 31 heavy (non-hydrogen) atoms. The van der Waals surface area contributed by atoms with Gasteiger partial charge < -0.3 is 10.4 Å². The molecule has 5 rings (SSSR count). The number of amides is 1. The van der Waals surface area contributed by atoms with Crippen LogP contribution in [0.2, 0.25) is 0 Å². The predicted octanol–water partition coefficient (Wildman–Crippen LogP) is 5.17. The van der Waals surface area contributed by atoms with Crippen molar-refractivity contribution in [3.63, 3.8) is 0 Å². The first-order valence-corrected chi connectivity index (χ1v) is 11.6. The third kappa shape index (κ3) is 3.46. The zero-order chi connectivity index (χ0) is 21.6. The fourth-order valence-electron chi connectivity index (χ4n) is 7.05. The van der Waals surface area contributed by atoms with Gasteiger partial charge in [0.05, 0.1) is 5.56 Å². The first-order chi connectivity index (χ1) is 15.0. The molecule has 2 aromatic carbocycles. The molecule has 5 atom stereocenters. The van der Waals surface area contributed by atoms with E-state index >= 15 is 0 Å². The second kappa shape index (κ2) is 7.81. The number of fused-ring (bicyclic) bond motifs is 5. The number of nitrogens with one attached hydrogen (secondary N) is 1. The minimum Gasteiger partial charge on any atom is -0.478 e. The number of carboxylic acid groups (broad SMARTS) is 1. The molecule has 162 valence electrons. The second-order valence-corrected chi connectivity index (χ2v) is 10.0. The molecule has 2 aromatic rings. The molecule has 0 aromatic heterocycles. The topological polar surface area (TPSA) is 66.4 Å². The molecule has 0 spiro atoms. The van der Waals surface area contributed by atoms with Crippen molar-refractivity contribution in [3.8, 4) is 0 Å². The Morgan fingerprint density at radius 3 is 2.65 bits per heavy atom. The summed E-state index contributed by atoms with van der Waals surface area (Å²) in [5.74, 6) is 1.16. The van der Waals surface area contributed by atoms with Crippen molar-refractivity contribution in [2.45, 2.75) is 57.9 Å². The quantitative estimate of drug-likeness (QED) is 0.721. The third-order valence-electron chi connectivity index (χ3n) is 8.60. The molecule has 1 amide bonds. The molecular weight excluding hydrogens is 386 g/mol. The third-order valence-corrected chi connectivity index (χ3v) is 8.60. The van der Waals surface area contributed by atoms with Crippen LogP contribution in [0, 0.1) is 23.2 Å². The number of hydrogen-bond acceptors (Lipinski definition) is 2. The highest BCUT2D eigenvalue weighted by atomic mass is 16.4. The monoisotopic (exact) mass is 417 g/mol. The van der Waals surface area contributed by atoms with E-state index in [9.17, 15) is 14.7 Å². The van der Waals surface area contributed by atoms with Crippen LogP contribution in [0.5, 0.6) is 0 Å². The molecule has 2 fully saturated rings. The van der Waals surface area contributed by atoms with E-state index in [1.54, 1.807) is 6.07 Å². The zero-order valence-corrected chi connectivity index (χ0v) is 18.1. The molecule has 3 aliphatic carbocycles. The first kappa shape index (κ1) is 20.3. The van der Waals surface area contributed by atoms with Crippen molar-refractivity contribution in [1.82, 2.24) is 5.32 Å². The van der Waals surface area contributed by atoms with Crippen LogP contribution >= 0.6 is 0 Å². The van der Waals surface area contributed by atoms with Crippen LogP contribution in [0.3, 0.4) is 0 Å². The van der Waals surface area contributed by atoms with Gasteiger partial charge in [0.1, 0.15) is 0 Å². The lowest BCUT2D eigenvalue weighted by molar-refractivity contribution is -0.130. The Morgan fingerprint density at radius 1 is 1.06 bits per heavy atom. The van der Waals surface area contributed by atoms with Crippen molar-refractivity contribution in [1.29, 1.82) is 0 Å². The molecule has 0 aliphatic heterocycles. The lowest BCUT2D eigenvalue weighted by Gasteiger charge is -2.50. The molecule has 0 heterocycles. The maximum absolute atomic E-state index is 13.2. The number of carbonyl (C=O) groups is 2. The van der Waals surface area contributed by atoms with Crippen LogP contribution in [0.25, 0.3) is 0 Å². The van der Waals surface area contributed by atoms with E-state index in [0.29, 0.717) is 29.9 Å². The van der Waals surface area contributed by atoms with E-state index < -0.39 is 5.97 Å². The van der Waals surface area contributed by atoms with Crippen LogP contribution in [-0.4, -0.2) is 17.0 Å². The van der Waals surface area contributed by atoms with Gasteiger partial charge in [-0.3, -0.25) is 4.79 Å². The number of hydrogen-bond donors (Lipinski definition) is 2. The predicted molar refractivity (Wildman–Crippen MR) is 120 cm³/mol. The largest absolute Gasteiger partial charge is 0.478 e. The van der Waals surface area contributed by atoms with Crippen molar-refractivity contribution in [3.05, 3.63) is 70.8 Å². The average molecular weight is 418 g/mol. The van der Waals surface area contributed by atoms with Crippen molar-refractivity contribution in [2.24, 2.45) is 23.2 Å². The SMILES string of the molecule is C[C@]12CC[C@@H]3c4ccc(C(=O)O)cc4CC[C@H]3[C@@H]1CC[C@@H]2C(=O)NCc1ccccc1. The van der Waals surface area contributed by atoms with E-state index in [2.05, 4.69) is 30.4 Å². The number of aromatic carboxylic acids is 1. The molecule has 2 N–H and O–H groups in total. The summed E-state index contributed by atoms with van der Waals surface area (Å²) in [5, 5.41) is 12.5. The number of carbonyl (C=O) groups excluding carboxylic acids is 1. The highest BCUT2D eigenvalue weighted by Gasteiger charge is 2.56. The van der Waals surface area contributed by atoms with Gasteiger partial charge in [0.25, 0.3) is 0 Å². The van der Waals surface area contributed by atoms with Crippen molar-refractivity contribution in [2.75, 3.05) is 0 Å². The van der Waals surface area contributed by atoms with Crippen LogP contribution in [0.15, 0.2) is 48.5 Å². The van der Waals surface area contributed by atoms with Gasteiger partial charge >= 0.3 is 5.97 Å². The molecule has 3 aliphatic rings. The fourth-order valence-corrected chi connectivity index (χ4v) is 7.05. The number of benzene rings is 2. The van der Waals surface area contributed by atoms with Crippen molar-refractivity contribution < 1.29 is 14.7 Å². The number of rotatable bonds is 4. The molecule has 0 bridgehead atoms. The van der Waals surface area contributed by atoms with E-state index in [1.165, 1.54) is 11.1 Å². The molecule has 4 nitrogen and oxygen atoms in total. The summed E-state index contributed by atoms with van der Waals surface area (Å²) < 4.78 is 0. The van der Waals surface area contributed by atoms with Gasteiger partial charge in [-0.25, -0.2) is 4.79 Å². The smallest absolute Gasteiger partial charge is 0.335 e. The Kier molecular flexibility index (Phi) is 5.11. The lowest BCUT2D eigenvalue weighted by atomic mass is 9.54. The van der Waals surface area contributed by atoms with Crippen molar-refractivity contribution >= 4 is 11.9 Å². The maximum atomic E-state index is 13.2. The Bertz CT molecular complexity index is 1000.